The Balaban J connectivity index is 2.52. The van der Waals surface area contributed by atoms with E-state index >= 15 is 0 Å². The van der Waals surface area contributed by atoms with E-state index in [2.05, 4.69) is 0 Å². The van der Waals surface area contributed by atoms with Crippen LogP contribution in [0.3, 0.4) is 0 Å². The van der Waals surface area contributed by atoms with Crippen LogP contribution in [0.15, 0.2) is 0 Å². The van der Waals surface area contributed by atoms with Crippen molar-refractivity contribution in [2.45, 2.75) is 13.3 Å². The van der Waals surface area contributed by atoms with Crippen molar-refractivity contribution in [2.24, 2.45) is 17.1 Å². The topological polar surface area (TPSA) is 69.4 Å². The third kappa shape index (κ3) is 2.46. The summed E-state index contributed by atoms with van der Waals surface area (Å²) in [5, 5.41) is 0. The Kier molecular flexibility index (Phi) is 3.55. The molecule has 0 bridgehead atoms. The molecule has 2 unspecified atom stereocenters. The summed E-state index contributed by atoms with van der Waals surface area (Å²) in [6.45, 7) is 2.77. The molecule has 0 spiro atoms. The Labute approximate surface area is 85.7 Å². The first-order valence-electron chi connectivity index (χ1n) is 4.89. The molecule has 0 aliphatic heterocycles. The third-order valence-corrected chi connectivity index (χ3v) is 4.88. The zero-order chi connectivity index (χ0) is 10.8. The Morgan fingerprint density at radius 1 is 1.57 bits per heavy atom. The maximum Gasteiger partial charge on any atom is 0.150 e. The van der Waals surface area contributed by atoms with Gasteiger partial charge in [0.05, 0.1) is 12.4 Å². The summed E-state index contributed by atoms with van der Waals surface area (Å²) in [6, 6.07) is 0. The number of nitrogens with two attached hydrogens (primary N) is 1. The molecule has 1 fully saturated rings. The van der Waals surface area contributed by atoms with E-state index in [4.69, 9.17) is 10.5 Å². The standard InChI is InChI=1S/C9H19NO3S/c1-3-14(11,12)5-8-4-9(8,6-10)7-13-2/h8H,3-7,10H2,1-2H3. The predicted molar refractivity (Wildman–Crippen MR) is 55.8 cm³/mol. The lowest BCUT2D eigenvalue weighted by Gasteiger charge is -2.13. The maximum atomic E-state index is 11.4. The van der Waals surface area contributed by atoms with Crippen LogP contribution < -0.4 is 5.73 Å². The van der Waals surface area contributed by atoms with E-state index in [0.29, 0.717) is 13.2 Å². The van der Waals surface area contributed by atoms with E-state index in [1.54, 1.807) is 14.0 Å². The first-order chi connectivity index (χ1) is 6.49. The zero-order valence-corrected chi connectivity index (χ0v) is 9.64. The lowest BCUT2D eigenvalue weighted by Crippen LogP contribution is -2.25. The summed E-state index contributed by atoms with van der Waals surface area (Å²) >= 11 is 0. The zero-order valence-electron chi connectivity index (χ0n) is 8.82. The van der Waals surface area contributed by atoms with Crippen LogP contribution in [0.5, 0.6) is 0 Å². The van der Waals surface area contributed by atoms with Crippen LogP contribution in [0, 0.1) is 11.3 Å². The van der Waals surface area contributed by atoms with Crippen molar-refractivity contribution in [3.63, 3.8) is 0 Å². The van der Waals surface area contributed by atoms with Gasteiger partial charge in [-0.1, -0.05) is 6.92 Å². The van der Waals surface area contributed by atoms with Crippen LogP contribution >= 0.6 is 0 Å². The minimum Gasteiger partial charge on any atom is -0.384 e. The van der Waals surface area contributed by atoms with E-state index in [1.807, 2.05) is 0 Å². The molecule has 1 rings (SSSR count). The summed E-state index contributed by atoms with van der Waals surface area (Å²) in [7, 11) is -1.24. The highest BCUT2D eigenvalue weighted by molar-refractivity contribution is 7.91. The van der Waals surface area contributed by atoms with E-state index in [-0.39, 0.29) is 22.8 Å². The third-order valence-electron chi connectivity index (χ3n) is 3.09. The summed E-state index contributed by atoms with van der Waals surface area (Å²) in [5.41, 5.74) is 5.57. The second kappa shape index (κ2) is 4.16. The molecular weight excluding hydrogens is 202 g/mol. The highest BCUT2D eigenvalue weighted by Gasteiger charge is 2.54. The monoisotopic (exact) mass is 221 g/mol. The van der Waals surface area contributed by atoms with Crippen molar-refractivity contribution in [1.29, 1.82) is 0 Å². The molecule has 0 aromatic heterocycles. The number of ether oxygens (including phenoxy) is 1. The largest absolute Gasteiger partial charge is 0.384 e. The molecule has 4 nitrogen and oxygen atoms in total. The van der Waals surface area contributed by atoms with Crippen molar-refractivity contribution in [3.05, 3.63) is 0 Å². The van der Waals surface area contributed by atoms with Crippen LogP contribution in [0.2, 0.25) is 0 Å². The molecular formula is C9H19NO3S. The van der Waals surface area contributed by atoms with Crippen molar-refractivity contribution in [2.75, 3.05) is 31.8 Å². The van der Waals surface area contributed by atoms with Crippen LogP contribution in [-0.4, -0.2) is 40.2 Å². The van der Waals surface area contributed by atoms with E-state index in [1.165, 1.54) is 0 Å². The average Bonchev–Trinajstić information content (AvgIpc) is 2.79. The molecule has 1 aliphatic rings. The lowest BCUT2D eigenvalue weighted by atomic mass is 10.1. The van der Waals surface area contributed by atoms with Crippen molar-refractivity contribution < 1.29 is 13.2 Å². The van der Waals surface area contributed by atoms with E-state index in [0.717, 1.165) is 6.42 Å². The normalized spacial score (nSPS) is 31.8. The molecule has 0 radical (unpaired) electrons. The van der Waals surface area contributed by atoms with Gasteiger partial charge >= 0.3 is 0 Å². The quantitative estimate of drug-likeness (QED) is 0.687. The maximum absolute atomic E-state index is 11.4. The van der Waals surface area contributed by atoms with Crippen molar-refractivity contribution >= 4 is 9.84 Å². The van der Waals surface area contributed by atoms with Gasteiger partial charge in [0.1, 0.15) is 9.84 Å². The summed E-state index contributed by atoms with van der Waals surface area (Å²) < 4.78 is 27.8. The second-order valence-corrected chi connectivity index (χ2v) is 6.50. The molecule has 0 heterocycles. The number of sulfone groups is 1. The Hall–Kier alpha value is -0.130. The van der Waals surface area contributed by atoms with Crippen LogP contribution in [0.1, 0.15) is 13.3 Å². The van der Waals surface area contributed by atoms with Crippen LogP contribution in [-0.2, 0) is 14.6 Å². The van der Waals surface area contributed by atoms with Crippen molar-refractivity contribution in [3.8, 4) is 0 Å². The lowest BCUT2D eigenvalue weighted by molar-refractivity contribution is 0.138. The highest BCUT2D eigenvalue weighted by atomic mass is 32.2. The summed E-state index contributed by atoms with van der Waals surface area (Å²) in [4.78, 5) is 0. The molecule has 84 valence electrons. The van der Waals surface area contributed by atoms with Gasteiger partial charge in [-0.05, 0) is 12.3 Å². The minimum atomic E-state index is -2.87. The van der Waals surface area contributed by atoms with Crippen molar-refractivity contribution in [1.82, 2.24) is 0 Å². The molecule has 2 atom stereocenters. The molecule has 0 aromatic carbocycles. The van der Waals surface area contributed by atoms with Gasteiger partial charge in [-0.3, -0.25) is 0 Å². The molecule has 14 heavy (non-hydrogen) atoms. The molecule has 0 aromatic rings. The van der Waals surface area contributed by atoms with Gasteiger partial charge in [-0.25, -0.2) is 8.42 Å². The Morgan fingerprint density at radius 3 is 2.64 bits per heavy atom. The molecule has 0 saturated heterocycles. The molecule has 1 aliphatic carbocycles. The second-order valence-electron chi connectivity index (χ2n) is 4.10. The molecule has 1 saturated carbocycles. The van der Waals surface area contributed by atoms with E-state index in [9.17, 15) is 8.42 Å². The van der Waals surface area contributed by atoms with Crippen LogP contribution in [0.25, 0.3) is 0 Å². The fourth-order valence-electron chi connectivity index (χ4n) is 1.87. The first kappa shape index (κ1) is 11.9. The van der Waals surface area contributed by atoms with Gasteiger partial charge in [0.25, 0.3) is 0 Å². The SMILES string of the molecule is CCS(=O)(=O)CC1CC1(CN)COC. The number of hydrogen-bond acceptors (Lipinski definition) is 4. The predicted octanol–water partition coefficient (Wildman–Crippen LogP) is 0.0325. The highest BCUT2D eigenvalue weighted by Crippen LogP contribution is 2.52. The molecule has 0 amide bonds. The molecule has 5 heteroatoms. The Bertz CT molecular complexity index is 288. The number of methoxy groups -OCH3 is 1. The Morgan fingerprint density at radius 2 is 2.21 bits per heavy atom. The van der Waals surface area contributed by atoms with Crippen LogP contribution in [0.4, 0.5) is 0 Å². The van der Waals surface area contributed by atoms with Gasteiger partial charge in [-0.2, -0.15) is 0 Å². The number of hydrogen-bond donors (Lipinski definition) is 1. The first-order valence-corrected chi connectivity index (χ1v) is 6.71. The van der Waals surface area contributed by atoms with Gasteiger partial charge in [-0.15, -0.1) is 0 Å². The summed E-state index contributed by atoms with van der Waals surface area (Å²) in [5.74, 6) is 0.693. The van der Waals surface area contributed by atoms with Gasteiger partial charge in [0.15, 0.2) is 0 Å². The fourth-order valence-corrected chi connectivity index (χ4v) is 3.19. The number of rotatable bonds is 6. The average molecular weight is 221 g/mol. The fraction of sp³-hybridized carbons (Fsp3) is 1.00. The van der Waals surface area contributed by atoms with E-state index < -0.39 is 9.84 Å². The van der Waals surface area contributed by atoms with Gasteiger partial charge in [0, 0.05) is 24.8 Å². The van der Waals surface area contributed by atoms with Gasteiger partial charge < -0.3 is 10.5 Å². The minimum absolute atomic E-state index is 0.0585. The summed E-state index contributed by atoms with van der Waals surface area (Å²) in [6.07, 6.45) is 0.885. The molecule has 2 N–H and O–H groups in total. The smallest absolute Gasteiger partial charge is 0.150 e. The van der Waals surface area contributed by atoms with Gasteiger partial charge in [0.2, 0.25) is 0 Å².